The van der Waals surface area contributed by atoms with Gasteiger partial charge in [-0.25, -0.2) is 4.98 Å². The van der Waals surface area contributed by atoms with Gasteiger partial charge < -0.3 is 5.32 Å². The molecular weight excluding hydrogens is 485 g/mol. The third-order valence-electron chi connectivity index (χ3n) is 3.52. The zero-order valence-electron chi connectivity index (χ0n) is 16.3. The van der Waals surface area contributed by atoms with Gasteiger partial charge in [-0.1, -0.05) is 90.4 Å². The molecule has 3 nitrogen and oxygen atoms in total. The maximum absolute atomic E-state index is 11.5. The van der Waals surface area contributed by atoms with E-state index in [-0.39, 0.29) is 66.9 Å². The number of amides is 1. The molecule has 0 saturated carbocycles. The summed E-state index contributed by atoms with van der Waals surface area (Å²) in [5, 5.41) is 2.86. The molecule has 0 aliphatic rings. The number of thioether (sulfide) groups is 1. The monoisotopic (exact) mass is 523 g/mol. The second kappa shape index (κ2) is 17.9. The second-order valence-electron chi connectivity index (χ2n) is 6.52. The molecule has 0 spiro atoms. The van der Waals surface area contributed by atoms with Crippen molar-refractivity contribution in [2.24, 2.45) is 0 Å². The van der Waals surface area contributed by atoms with Crippen LogP contribution in [0.15, 0.2) is 58.9 Å². The fraction of sp³-hybridized carbons (Fsp3) is 0.417. The molecule has 2 aromatic carbocycles. The second-order valence-corrected chi connectivity index (χ2v) is 8.78. The number of carbonyl (C=O) groups excluding carboxylic acids is 1. The summed E-state index contributed by atoms with van der Waals surface area (Å²) in [6.07, 6.45) is 0. The molecule has 1 heterocycles. The summed E-state index contributed by atoms with van der Waals surface area (Å²) < 4.78 is 2.12. The molecule has 165 valence electrons. The Bertz CT molecular complexity index is 787. The van der Waals surface area contributed by atoms with Crippen LogP contribution in [-0.4, -0.2) is 22.7 Å². The minimum absolute atomic E-state index is 0. The first-order valence-corrected chi connectivity index (χ1v) is 10.6. The van der Waals surface area contributed by atoms with E-state index >= 15 is 0 Å². The summed E-state index contributed by atoms with van der Waals surface area (Å²) in [7, 11) is 0. The van der Waals surface area contributed by atoms with Gasteiger partial charge in [0.15, 0.2) is 4.34 Å². The Morgan fingerprint density at radius 1 is 0.967 bits per heavy atom. The van der Waals surface area contributed by atoms with Gasteiger partial charge in [0, 0.05) is 38.8 Å². The van der Waals surface area contributed by atoms with E-state index < -0.39 is 0 Å². The van der Waals surface area contributed by atoms with Gasteiger partial charge in [-0.3, -0.25) is 4.79 Å². The van der Waals surface area contributed by atoms with Crippen LogP contribution >= 0.6 is 23.1 Å². The maximum atomic E-state index is 11.5. The summed E-state index contributed by atoms with van der Waals surface area (Å²) in [5.41, 5.74) is 2.42. The van der Waals surface area contributed by atoms with Crippen molar-refractivity contribution in [1.82, 2.24) is 10.3 Å². The number of nitrogens with zero attached hydrogens (tertiary/aromatic N) is 1. The van der Waals surface area contributed by atoms with E-state index in [1.807, 2.05) is 44.2 Å². The summed E-state index contributed by atoms with van der Waals surface area (Å²) >= 11 is 3.12. The molecule has 0 aliphatic carbocycles. The Labute approximate surface area is 217 Å². The van der Waals surface area contributed by atoms with Crippen LogP contribution in [0.25, 0.3) is 10.2 Å². The van der Waals surface area contributed by atoms with Crippen LogP contribution in [0, 0.1) is 0 Å². The quantitative estimate of drug-likeness (QED) is 0.350. The van der Waals surface area contributed by atoms with Gasteiger partial charge in [-0.05, 0) is 37.5 Å². The number of benzene rings is 2. The molecule has 3 aromatic rings. The SMILES string of the molecule is C.C.C.CC(C)NC(=O)CSc1nc2ccccc2s1.CC(C)c1ccccc1.[Y]. The van der Waals surface area contributed by atoms with Gasteiger partial charge in [0.25, 0.3) is 0 Å². The molecule has 1 aromatic heterocycles. The first kappa shape index (κ1) is 33.9. The van der Waals surface area contributed by atoms with Gasteiger partial charge in [0.05, 0.1) is 16.0 Å². The minimum Gasteiger partial charge on any atom is -0.353 e. The van der Waals surface area contributed by atoms with Crippen LogP contribution in [0.3, 0.4) is 0 Å². The zero-order chi connectivity index (χ0) is 18.9. The maximum Gasteiger partial charge on any atom is 0.230 e. The van der Waals surface area contributed by atoms with E-state index in [0.717, 1.165) is 9.86 Å². The summed E-state index contributed by atoms with van der Waals surface area (Å²) in [6, 6.07) is 18.7. The van der Waals surface area contributed by atoms with Gasteiger partial charge in [0.1, 0.15) is 0 Å². The number of rotatable bonds is 5. The van der Waals surface area contributed by atoms with Crippen molar-refractivity contribution in [2.45, 2.75) is 66.3 Å². The van der Waals surface area contributed by atoms with Crippen LogP contribution in [0.1, 0.15) is 61.5 Å². The zero-order valence-corrected chi connectivity index (χ0v) is 20.8. The first-order chi connectivity index (χ1) is 12.5. The fourth-order valence-corrected chi connectivity index (χ4v) is 4.12. The third kappa shape index (κ3) is 12.2. The van der Waals surface area contributed by atoms with Gasteiger partial charge >= 0.3 is 0 Å². The fourth-order valence-electron chi connectivity index (χ4n) is 2.24. The van der Waals surface area contributed by atoms with E-state index in [2.05, 4.69) is 48.4 Å². The topological polar surface area (TPSA) is 42.0 Å². The van der Waals surface area contributed by atoms with Crippen LogP contribution in [0.2, 0.25) is 0 Å². The summed E-state index contributed by atoms with van der Waals surface area (Å²) in [6.45, 7) is 8.32. The molecular formula is C24H38N2OS2Y. The number of fused-ring (bicyclic) bond motifs is 1. The molecule has 3 rings (SSSR count). The number of para-hydroxylation sites is 1. The smallest absolute Gasteiger partial charge is 0.230 e. The predicted molar refractivity (Wildman–Crippen MR) is 134 cm³/mol. The Morgan fingerprint density at radius 2 is 1.53 bits per heavy atom. The normalized spacial score (nSPS) is 9.27. The van der Waals surface area contributed by atoms with Crippen LogP contribution in [-0.2, 0) is 37.5 Å². The number of nitrogens with one attached hydrogen (secondary N) is 1. The van der Waals surface area contributed by atoms with E-state index in [9.17, 15) is 4.79 Å². The number of hydrogen-bond acceptors (Lipinski definition) is 4. The van der Waals surface area contributed by atoms with Gasteiger partial charge in [-0.15, -0.1) is 11.3 Å². The molecule has 0 bridgehead atoms. The summed E-state index contributed by atoms with van der Waals surface area (Å²) in [4.78, 5) is 16.0. The van der Waals surface area contributed by atoms with Crippen molar-refractivity contribution >= 4 is 39.2 Å². The molecule has 0 unspecified atom stereocenters. The van der Waals surface area contributed by atoms with Crippen molar-refractivity contribution < 1.29 is 37.5 Å². The Morgan fingerprint density at radius 3 is 2.03 bits per heavy atom. The minimum atomic E-state index is 0. The molecule has 30 heavy (non-hydrogen) atoms. The van der Waals surface area contributed by atoms with Crippen LogP contribution in [0.5, 0.6) is 0 Å². The van der Waals surface area contributed by atoms with Crippen molar-refractivity contribution in [3.05, 3.63) is 60.2 Å². The molecule has 0 atom stereocenters. The Hall–Kier alpha value is -0.746. The largest absolute Gasteiger partial charge is 0.353 e. The number of aromatic nitrogens is 1. The number of thiazole rings is 1. The predicted octanol–water partition coefficient (Wildman–Crippen LogP) is 7.63. The Kier molecular flexibility index (Phi) is 20.2. The van der Waals surface area contributed by atoms with Crippen molar-refractivity contribution in [3.63, 3.8) is 0 Å². The molecule has 0 saturated heterocycles. The van der Waals surface area contributed by atoms with E-state index in [4.69, 9.17) is 0 Å². The van der Waals surface area contributed by atoms with E-state index in [0.29, 0.717) is 11.7 Å². The standard InChI is InChI=1S/C12H14N2OS2.C9H12.3CH4.Y/c1-8(2)13-11(15)7-16-12-14-9-5-3-4-6-10(9)17-12;1-8(2)9-6-4-3-5-7-9;;;;/h3-6,8H,7H2,1-2H3,(H,13,15);3-8H,1-2H3;3*1H4;. The molecule has 6 heteroatoms. The third-order valence-corrected chi connectivity index (χ3v) is 5.70. The van der Waals surface area contributed by atoms with Crippen molar-refractivity contribution in [1.29, 1.82) is 0 Å². The average Bonchev–Trinajstić information content (AvgIpc) is 3.04. The van der Waals surface area contributed by atoms with Gasteiger partial charge in [0.2, 0.25) is 5.91 Å². The molecule has 0 fully saturated rings. The van der Waals surface area contributed by atoms with E-state index in [1.165, 1.54) is 22.0 Å². The summed E-state index contributed by atoms with van der Waals surface area (Å²) in [5.74, 6) is 1.15. The number of carbonyl (C=O) groups is 1. The van der Waals surface area contributed by atoms with Gasteiger partial charge in [-0.2, -0.15) is 0 Å². The van der Waals surface area contributed by atoms with E-state index in [1.54, 1.807) is 11.3 Å². The van der Waals surface area contributed by atoms with Crippen molar-refractivity contribution in [3.8, 4) is 0 Å². The first-order valence-electron chi connectivity index (χ1n) is 8.78. The van der Waals surface area contributed by atoms with Crippen LogP contribution < -0.4 is 5.32 Å². The molecule has 1 radical (unpaired) electrons. The van der Waals surface area contributed by atoms with Crippen molar-refractivity contribution in [2.75, 3.05) is 5.75 Å². The molecule has 1 amide bonds. The molecule has 1 N–H and O–H groups in total. The average molecular weight is 524 g/mol. The molecule has 0 aliphatic heterocycles. The number of hydrogen-bond donors (Lipinski definition) is 1. The Balaban J connectivity index is -0.000000490. The van der Waals surface area contributed by atoms with Crippen LogP contribution in [0.4, 0.5) is 0 Å².